The maximum atomic E-state index is 7.12. The Labute approximate surface area is 446 Å². The second-order valence-electron chi connectivity index (χ2n) is 18.6. The molecule has 0 bridgehead atoms. The molecule has 2 aromatic heterocycles. The monoisotopic (exact) mass is 1130 g/mol. The molecule has 0 saturated heterocycles. The first-order valence-electron chi connectivity index (χ1n) is 24.7. The zero-order valence-corrected chi connectivity index (χ0v) is 43.0. The van der Waals surface area contributed by atoms with Gasteiger partial charge in [-0.25, -0.2) is 4.98 Å². The molecule has 10 aromatic carbocycles. The topological polar surface area (TPSA) is 33.5 Å². The van der Waals surface area contributed by atoms with E-state index >= 15 is 0 Å². The van der Waals surface area contributed by atoms with E-state index in [9.17, 15) is 0 Å². The van der Waals surface area contributed by atoms with Gasteiger partial charge in [0.1, 0.15) is 5.82 Å². The first kappa shape index (κ1) is 46.3. The van der Waals surface area contributed by atoms with Crippen molar-refractivity contribution in [3.05, 3.63) is 273 Å². The second-order valence-corrected chi connectivity index (χ2v) is 18.6. The predicted octanol–water partition coefficient (Wildman–Crippen LogP) is 17.9. The van der Waals surface area contributed by atoms with E-state index in [4.69, 9.17) is 9.72 Å². The minimum absolute atomic E-state index is 0. The molecule has 0 aliphatic carbocycles. The van der Waals surface area contributed by atoms with Crippen molar-refractivity contribution in [2.24, 2.45) is 0 Å². The van der Waals surface area contributed by atoms with Gasteiger partial charge in [-0.1, -0.05) is 210 Å². The molecule has 13 rings (SSSR count). The zero-order valence-electron chi connectivity index (χ0n) is 40.7. The van der Waals surface area contributed by atoms with E-state index in [1.165, 1.54) is 5.56 Å². The van der Waals surface area contributed by atoms with Crippen molar-refractivity contribution >= 4 is 44.6 Å². The van der Waals surface area contributed by atoms with Crippen LogP contribution in [0, 0.1) is 32.6 Å². The van der Waals surface area contributed by atoms with Gasteiger partial charge in [0.25, 0.3) is 0 Å². The Morgan fingerprint density at radius 1 is 0.446 bits per heavy atom. The number of nitrogens with zero attached hydrogens (tertiary/aromatic N) is 4. The quantitative estimate of drug-likeness (QED) is 0.128. The van der Waals surface area contributed by atoms with Gasteiger partial charge >= 0.3 is 0 Å². The van der Waals surface area contributed by atoms with Gasteiger partial charge in [0.15, 0.2) is 0 Å². The number of hydrogen-bond acceptors (Lipinski definition) is 4. The van der Waals surface area contributed by atoms with Crippen molar-refractivity contribution < 1.29 is 25.8 Å². The van der Waals surface area contributed by atoms with E-state index in [1.807, 2.05) is 24.4 Å². The number of benzene rings is 10. The van der Waals surface area contributed by atoms with E-state index in [0.29, 0.717) is 11.5 Å². The third-order valence-corrected chi connectivity index (χ3v) is 14.0. The molecule has 0 N–H and O–H groups in total. The van der Waals surface area contributed by atoms with Crippen LogP contribution in [-0.4, -0.2) is 9.55 Å². The summed E-state index contributed by atoms with van der Waals surface area (Å²) in [7, 11) is 0. The summed E-state index contributed by atoms with van der Waals surface area (Å²) in [6.07, 6.45) is 2.00. The molecule has 0 amide bonds. The fourth-order valence-electron chi connectivity index (χ4n) is 10.4. The average Bonchev–Trinajstić information content (AvgIpc) is 4.00. The Balaban J connectivity index is 0.00000556. The van der Waals surface area contributed by atoms with Crippen LogP contribution in [0.1, 0.15) is 11.1 Å². The van der Waals surface area contributed by atoms with Gasteiger partial charge in [-0.2, -0.15) is 12.1 Å². The predicted molar refractivity (Wildman–Crippen MR) is 301 cm³/mol. The number of aromatic nitrogens is 2. The Morgan fingerprint density at radius 3 is 1.64 bits per heavy atom. The molecule has 0 fully saturated rings. The minimum Gasteiger partial charge on any atom is -0.509 e. The van der Waals surface area contributed by atoms with E-state index < -0.39 is 0 Å². The van der Waals surface area contributed by atoms with Gasteiger partial charge in [-0.05, 0) is 76.9 Å². The minimum atomic E-state index is 0. The smallest absolute Gasteiger partial charge is 0.135 e. The number of hydrogen-bond donors (Lipinski definition) is 0. The van der Waals surface area contributed by atoms with E-state index in [0.717, 1.165) is 112 Å². The summed E-state index contributed by atoms with van der Waals surface area (Å²) in [5.41, 5.74) is 19.3. The Kier molecular flexibility index (Phi) is 12.3. The van der Waals surface area contributed by atoms with Crippen molar-refractivity contribution in [3.8, 4) is 73.0 Å². The van der Waals surface area contributed by atoms with E-state index in [1.54, 1.807) is 0 Å². The molecule has 3 heterocycles. The van der Waals surface area contributed by atoms with Crippen LogP contribution >= 0.6 is 0 Å². The number of pyridine rings is 1. The van der Waals surface area contributed by atoms with Crippen LogP contribution in [0.3, 0.4) is 0 Å². The average molecular weight is 1130 g/mol. The van der Waals surface area contributed by atoms with Gasteiger partial charge in [0, 0.05) is 78.0 Å². The number of para-hydroxylation sites is 3. The molecule has 74 heavy (non-hydrogen) atoms. The summed E-state index contributed by atoms with van der Waals surface area (Å²) >= 11 is 0. The molecule has 0 atom stereocenters. The SMILES string of the molecule is Cc1ccc(-c2cnc(-n3c4[c-]c(Oc5[c-]c(N6[CH-]N(c7c(-c8ccccc8)cccc7-c7ccccc7)c7ccccc76)ccc5)c(-c5ccccc5)cc4c4cc(-c5ccccc5)ccc43)cc2C)cc1.[Pt]. The Bertz CT molecular complexity index is 3930. The number of aryl methyl sites for hydroxylation is 2. The third kappa shape index (κ3) is 8.45. The third-order valence-electron chi connectivity index (χ3n) is 14.0. The molecular weight excluding hydrogens is 1080 g/mol. The number of anilines is 4. The summed E-state index contributed by atoms with van der Waals surface area (Å²) in [6.45, 7) is 6.46. The van der Waals surface area contributed by atoms with Crippen molar-refractivity contribution in [1.82, 2.24) is 9.55 Å². The van der Waals surface area contributed by atoms with Crippen LogP contribution in [-0.2, 0) is 21.1 Å². The largest absolute Gasteiger partial charge is 0.509 e. The van der Waals surface area contributed by atoms with Crippen LogP contribution in [0.4, 0.5) is 22.7 Å². The summed E-state index contributed by atoms with van der Waals surface area (Å²) in [4.78, 5) is 9.72. The second kappa shape index (κ2) is 19.7. The summed E-state index contributed by atoms with van der Waals surface area (Å²) in [6, 6.07) is 90.9. The van der Waals surface area contributed by atoms with Crippen molar-refractivity contribution in [1.29, 1.82) is 0 Å². The molecule has 5 nitrogen and oxygen atoms in total. The number of rotatable bonds is 10. The van der Waals surface area contributed by atoms with Gasteiger partial charge in [0.05, 0.1) is 0 Å². The molecule has 12 aromatic rings. The van der Waals surface area contributed by atoms with Crippen LogP contribution in [0.5, 0.6) is 11.5 Å². The van der Waals surface area contributed by atoms with Crippen LogP contribution in [0.15, 0.2) is 243 Å². The Hall–Kier alpha value is -8.76. The number of fused-ring (bicyclic) bond motifs is 4. The molecule has 0 saturated carbocycles. The van der Waals surface area contributed by atoms with Crippen molar-refractivity contribution in [2.75, 3.05) is 9.80 Å². The van der Waals surface area contributed by atoms with Crippen LogP contribution in [0.25, 0.3) is 83.3 Å². The molecule has 0 unspecified atom stereocenters. The fraction of sp³-hybridized carbons (Fsp3) is 0.0294. The van der Waals surface area contributed by atoms with Gasteiger partial charge in [-0.3, -0.25) is 0 Å². The van der Waals surface area contributed by atoms with Crippen LogP contribution in [0.2, 0.25) is 0 Å². The van der Waals surface area contributed by atoms with E-state index in [-0.39, 0.29) is 21.1 Å². The first-order valence-corrected chi connectivity index (χ1v) is 24.7. The van der Waals surface area contributed by atoms with Gasteiger partial charge in [-0.15, -0.1) is 42.0 Å². The zero-order chi connectivity index (χ0) is 48.8. The van der Waals surface area contributed by atoms with Crippen LogP contribution < -0.4 is 14.5 Å². The van der Waals surface area contributed by atoms with E-state index in [2.05, 4.69) is 265 Å². The Morgan fingerprint density at radius 2 is 1.00 bits per heavy atom. The maximum Gasteiger partial charge on any atom is 0.135 e. The molecule has 1 aliphatic rings. The van der Waals surface area contributed by atoms with Crippen molar-refractivity contribution in [2.45, 2.75) is 13.8 Å². The summed E-state index contributed by atoms with van der Waals surface area (Å²) < 4.78 is 9.35. The number of ether oxygens (including phenoxy) is 1. The first-order chi connectivity index (χ1) is 36.0. The van der Waals surface area contributed by atoms with Gasteiger partial charge < -0.3 is 19.1 Å². The molecule has 0 spiro atoms. The molecule has 1 aliphatic heterocycles. The normalized spacial score (nSPS) is 12.0. The molecular formula is C68H47N4OPt-3. The van der Waals surface area contributed by atoms with Crippen molar-refractivity contribution in [3.63, 3.8) is 0 Å². The standard InChI is InChI=1S/C68H47N4O.Pt/c1-46-33-35-52(36-34-46)61-44-69-67(39-47(61)2)72-62-38-37-53(48-19-7-3-8-20-48)40-59(62)60-42-58(51-25-13-6-14-26-51)66(43-65(60)72)73-55-28-17-27-54(41-55)70-45-71(64-32-16-15-31-63(64)70)68-56(49-21-9-4-10-22-49)29-18-30-57(68)50-23-11-5-12-24-50;/h3-40,42,44-45H,1-2H3;/q-3;. The summed E-state index contributed by atoms with van der Waals surface area (Å²) in [5.74, 6) is 1.96. The van der Waals surface area contributed by atoms with Gasteiger partial charge in [0.2, 0.25) is 0 Å². The summed E-state index contributed by atoms with van der Waals surface area (Å²) in [5, 5.41) is 2.15. The molecule has 358 valence electrons. The molecule has 6 heteroatoms. The molecule has 0 radical (unpaired) electrons. The maximum absolute atomic E-state index is 7.12. The fourth-order valence-corrected chi connectivity index (χ4v) is 10.4.